The number of hydrogen-bond donors (Lipinski definition) is 0. The lowest BCUT2D eigenvalue weighted by Gasteiger charge is -2.15. The van der Waals surface area contributed by atoms with E-state index in [4.69, 9.17) is 4.98 Å². The quantitative estimate of drug-likeness (QED) is 0.431. The molecule has 1 atom stereocenters. The molecule has 1 unspecified atom stereocenters. The molecule has 0 radical (unpaired) electrons. The SMILES string of the molecule is O=C1CC(Cc2nc(/C=C/c3ccccc3)nc3ccccc23)C(=O)N1c1ccccc1. The molecule has 5 rings (SSSR count). The third kappa shape index (κ3) is 3.93. The first-order chi connectivity index (χ1) is 15.7. The number of anilines is 1. The van der Waals surface area contributed by atoms with Crippen LogP contribution in [0.2, 0.25) is 0 Å². The van der Waals surface area contributed by atoms with E-state index in [1.807, 2.05) is 84.9 Å². The predicted molar refractivity (Wildman–Crippen MR) is 126 cm³/mol. The van der Waals surface area contributed by atoms with Crippen molar-refractivity contribution in [2.45, 2.75) is 12.8 Å². The summed E-state index contributed by atoms with van der Waals surface area (Å²) in [5, 5.41) is 0.905. The number of aromatic nitrogens is 2. The molecule has 0 spiro atoms. The number of imide groups is 1. The monoisotopic (exact) mass is 419 g/mol. The van der Waals surface area contributed by atoms with E-state index in [2.05, 4.69) is 4.98 Å². The van der Waals surface area contributed by atoms with Crippen molar-refractivity contribution in [2.75, 3.05) is 4.90 Å². The maximum Gasteiger partial charge on any atom is 0.237 e. The van der Waals surface area contributed by atoms with Gasteiger partial charge in [-0.05, 0) is 29.8 Å². The molecule has 2 heterocycles. The van der Waals surface area contributed by atoms with Crippen LogP contribution in [0.15, 0.2) is 84.9 Å². The van der Waals surface area contributed by atoms with Crippen LogP contribution < -0.4 is 4.90 Å². The fraction of sp³-hybridized carbons (Fsp3) is 0.111. The number of carbonyl (C=O) groups is 2. The molecule has 156 valence electrons. The van der Waals surface area contributed by atoms with Gasteiger partial charge in [-0.2, -0.15) is 0 Å². The molecular formula is C27H21N3O2. The molecule has 1 aliphatic heterocycles. The van der Waals surface area contributed by atoms with Crippen LogP contribution in [0.25, 0.3) is 23.1 Å². The van der Waals surface area contributed by atoms with Gasteiger partial charge < -0.3 is 0 Å². The zero-order valence-corrected chi connectivity index (χ0v) is 17.4. The highest BCUT2D eigenvalue weighted by molar-refractivity contribution is 6.21. The number of carbonyl (C=O) groups excluding carboxylic acids is 2. The molecule has 32 heavy (non-hydrogen) atoms. The van der Waals surface area contributed by atoms with Gasteiger partial charge in [0.15, 0.2) is 5.82 Å². The van der Waals surface area contributed by atoms with Gasteiger partial charge in [-0.25, -0.2) is 9.97 Å². The summed E-state index contributed by atoms with van der Waals surface area (Å²) in [4.78, 5) is 36.5. The molecule has 0 bridgehead atoms. The third-order valence-electron chi connectivity index (χ3n) is 5.62. The van der Waals surface area contributed by atoms with Crippen LogP contribution in [0, 0.1) is 5.92 Å². The Morgan fingerprint density at radius 1 is 0.812 bits per heavy atom. The lowest BCUT2D eigenvalue weighted by Crippen LogP contribution is -2.30. The summed E-state index contributed by atoms with van der Waals surface area (Å²) in [7, 11) is 0. The largest absolute Gasteiger partial charge is 0.274 e. The van der Waals surface area contributed by atoms with Crippen molar-refractivity contribution in [3.05, 3.63) is 102 Å². The second kappa shape index (κ2) is 8.55. The maximum absolute atomic E-state index is 13.1. The Bertz CT molecular complexity index is 1320. The van der Waals surface area contributed by atoms with Gasteiger partial charge in [-0.1, -0.05) is 72.8 Å². The topological polar surface area (TPSA) is 63.2 Å². The highest BCUT2D eigenvalue weighted by Gasteiger charge is 2.39. The standard InChI is InChI=1S/C27H21N3O2/c31-26-18-20(27(32)30(26)21-11-5-2-6-12-21)17-24-22-13-7-8-14-23(22)28-25(29-24)16-15-19-9-3-1-4-10-19/h1-16,20H,17-18H2/b16-15+. The lowest BCUT2D eigenvalue weighted by molar-refractivity contribution is -0.122. The van der Waals surface area contributed by atoms with Gasteiger partial charge >= 0.3 is 0 Å². The first-order valence-electron chi connectivity index (χ1n) is 10.6. The molecule has 0 aliphatic carbocycles. The molecule has 2 amide bonds. The fourth-order valence-corrected chi connectivity index (χ4v) is 4.06. The third-order valence-corrected chi connectivity index (χ3v) is 5.62. The fourth-order valence-electron chi connectivity index (χ4n) is 4.06. The number of hydrogen-bond acceptors (Lipinski definition) is 4. The van der Waals surface area contributed by atoms with E-state index in [9.17, 15) is 9.59 Å². The molecule has 1 saturated heterocycles. The minimum atomic E-state index is -0.438. The number of amides is 2. The van der Waals surface area contributed by atoms with E-state index in [-0.39, 0.29) is 18.2 Å². The van der Waals surface area contributed by atoms with Crippen LogP contribution in [0.1, 0.15) is 23.5 Å². The number of benzene rings is 3. The van der Waals surface area contributed by atoms with E-state index in [1.165, 1.54) is 4.90 Å². The maximum atomic E-state index is 13.1. The average molecular weight is 419 g/mol. The Labute approximate surface area is 186 Å². The molecule has 5 nitrogen and oxygen atoms in total. The van der Waals surface area contributed by atoms with Gasteiger partial charge in [-0.3, -0.25) is 14.5 Å². The zero-order chi connectivity index (χ0) is 21.9. The summed E-state index contributed by atoms with van der Waals surface area (Å²) in [5.41, 5.74) is 3.27. The second-order valence-corrected chi connectivity index (χ2v) is 7.80. The van der Waals surface area contributed by atoms with Crippen LogP contribution >= 0.6 is 0 Å². The first kappa shape index (κ1) is 19.8. The number of rotatable bonds is 5. The molecule has 0 saturated carbocycles. The summed E-state index contributed by atoms with van der Waals surface area (Å²) in [6.07, 6.45) is 4.42. The van der Waals surface area contributed by atoms with Gasteiger partial charge in [0, 0.05) is 18.2 Å². The Balaban J connectivity index is 1.47. The molecular weight excluding hydrogens is 398 g/mol. The second-order valence-electron chi connectivity index (χ2n) is 7.80. The number of para-hydroxylation sites is 2. The van der Waals surface area contributed by atoms with Crippen molar-refractivity contribution in [3.8, 4) is 0 Å². The van der Waals surface area contributed by atoms with E-state index in [0.29, 0.717) is 17.9 Å². The Morgan fingerprint density at radius 3 is 2.28 bits per heavy atom. The normalized spacial score (nSPS) is 16.4. The van der Waals surface area contributed by atoms with Crippen molar-refractivity contribution in [3.63, 3.8) is 0 Å². The number of nitrogens with zero attached hydrogens (tertiary/aromatic N) is 3. The van der Waals surface area contributed by atoms with E-state index in [1.54, 1.807) is 12.1 Å². The van der Waals surface area contributed by atoms with Crippen molar-refractivity contribution < 1.29 is 9.59 Å². The molecule has 1 aromatic heterocycles. The van der Waals surface area contributed by atoms with Crippen LogP contribution in [0.4, 0.5) is 5.69 Å². The minimum absolute atomic E-state index is 0.172. The Morgan fingerprint density at radius 2 is 1.50 bits per heavy atom. The predicted octanol–water partition coefficient (Wildman–Crippen LogP) is 4.92. The summed E-state index contributed by atoms with van der Waals surface area (Å²) in [6, 6.07) is 26.8. The molecule has 0 N–H and O–H groups in total. The van der Waals surface area contributed by atoms with E-state index in [0.717, 1.165) is 22.2 Å². The van der Waals surface area contributed by atoms with Crippen molar-refractivity contribution in [1.82, 2.24) is 9.97 Å². The van der Waals surface area contributed by atoms with Crippen molar-refractivity contribution in [2.24, 2.45) is 5.92 Å². The average Bonchev–Trinajstić information content (AvgIpc) is 3.11. The molecule has 1 fully saturated rings. The summed E-state index contributed by atoms with van der Waals surface area (Å²) < 4.78 is 0. The lowest BCUT2D eigenvalue weighted by atomic mass is 9.99. The molecule has 5 heteroatoms. The summed E-state index contributed by atoms with van der Waals surface area (Å²) in [6.45, 7) is 0. The van der Waals surface area contributed by atoms with Crippen LogP contribution in [0.5, 0.6) is 0 Å². The zero-order valence-electron chi connectivity index (χ0n) is 17.4. The smallest absolute Gasteiger partial charge is 0.237 e. The molecule has 1 aliphatic rings. The highest BCUT2D eigenvalue weighted by Crippen LogP contribution is 2.30. The summed E-state index contributed by atoms with van der Waals surface area (Å²) in [5.74, 6) is -0.203. The van der Waals surface area contributed by atoms with Crippen molar-refractivity contribution >= 4 is 40.6 Å². The minimum Gasteiger partial charge on any atom is -0.274 e. The highest BCUT2D eigenvalue weighted by atomic mass is 16.2. The van der Waals surface area contributed by atoms with Crippen LogP contribution in [-0.4, -0.2) is 21.8 Å². The van der Waals surface area contributed by atoms with Gasteiger partial charge in [0.05, 0.1) is 22.8 Å². The Hall–Kier alpha value is -4.12. The summed E-state index contributed by atoms with van der Waals surface area (Å²) >= 11 is 0. The van der Waals surface area contributed by atoms with Gasteiger partial charge in [0.1, 0.15) is 0 Å². The molecule has 3 aromatic carbocycles. The van der Waals surface area contributed by atoms with Gasteiger partial charge in [0.2, 0.25) is 11.8 Å². The van der Waals surface area contributed by atoms with E-state index < -0.39 is 5.92 Å². The molecule has 4 aromatic rings. The first-order valence-corrected chi connectivity index (χ1v) is 10.6. The number of fused-ring (bicyclic) bond motifs is 1. The van der Waals surface area contributed by atoms with Crippen LogP contribution in [0.3, 0.4) is 0 Å². The van der Waals surface area contributed by atoms with Crippen LogP contribution in [-0.2, 0) is 16.0 Å². The van der Waals surface area contributed by atoms with E-state index >= 15 is 0 Å². The Kier molecular flexibility index (Phi) is 5.30. The van der Waals surface area contributed by atoms with Crippen molar-refractivity contribution in [1.29, 1.82) is 0 Å². The van der Waals surface area contributed by atoms with Gasteiger partial charge in [-0.15, -0.1) is 0 Å². The van der Waals surface area contributed by atoms with Gasteiger partial charge in [0.25, 0.3) is 0 Å².